The molecule has 0 aliphatic rings. The predicted octanol–water partition coefficient (Wildman–Crippen LogP) is 18.5. The van der Waals surface area contributed by atoms with Gasteiger partial charge in [-0.05, 0) is 128 Å². The van der Waals surface area contributed by atoms with Gasteiger partial charge < -0.3 is 0 Å². The Kier molecular flexibility index (Phi) is 14.2. The van der Waals surface area contributed by atoms with E-state index < -0.39 is 10.0 Å². The molecule has 0 N–H and O–H groups in total. The SMILES string of the molecule is CC.CC.Cc1ccc(-c2c3ccccc3c(-c3ccc(C)c4ccccc34)c3cc(-c4cccccc(S(C(C)C)(C(C)C)C(C)C)ccc4)ccc23)c2ccccc12. The molecule has 0 radical (unpaired) electrons. The fourth-order valence-electron chi connectivity index (χ4n) is 9.88. The van der Waals surface area contributed by atoms with Crippen molar-refractivity contribution < 1.29 is 0 Å². The lowest BCUT2D eigenvalue weighted by atomic mass is 9.82. The normalized spacial score (nSPS) is 11.7. The molecule has 0 aliphatic carbocycles. The third kappa shape index (κ3) is 7.98. The molecule has 308 valence electrons. The van der Waals surface area contributed by atoms with E-state index in [1.807, 2.05) is 27.7 Å². The van der Waals surface area contributed by atoms with Gasteiger partial charge in [-0.1, -0.05) is 227 Å². The van der Waals surface area contributed by atoms with Crippen molar-refractivity contribution in [2.45, 2.75) is 104 Å². The fraction of sp³-hybridized carbons (Fsp3) is 0.254. The van der Waals surface area contributed by atoms with Gasteiger partial charge in [0.05, 0.1) is 0 Å². The summed E-state index contributed by atoms with van der Waals surface area (Å²) in [6, 6.07) is 61.7. The molecule has 8 rings (SSSR count). The number of benzene rings is 7. The zero-order valence-corrected chi connectivity index (χ0v) is 39.0. The fourth-order valence-corrected chi connectivity index (χ4v) is 15.4. The van der Waals surface area contributed by atoms with E-state index in [1.165, 1.54) is 92.5 Å². The maximum Gasteiger partial charge on any atom is -0.00199 e. The lowest BCUT2D eigenvalue weighted by Gasteiger charge is -2.51. The van der Waals surface area contributed by atoms with Crippen LogP contribution in [0.1, 0.15) is 80.4 Å². The van der Waals surface area contributed by atoms with Crippen molar-refractivity contribution in [1.29, 1.82) is 0 Å². The third-order valence-corrected chi connectivity index (χ3v) is 18.0. The quantitative estimate of drug-likeness (QED) is 0.141. The van der Waals surface area contributed by atoms with Crippen LogP contribution < -0.4 is 0 Å². The Morgan fingerprint density at radius 1 is 0.317 bits per heavy atom. The Morgan fingerprint density at radius 2 is 0.700 bits per heavy atom. The van der Waals surface area contributed by atoms with E-state index in [0.29, 0.717) is 15.7 Å². The minimum atomic E-state index is -1.08. The van der Waals surface area contributed by atoms with Crippen molar-refractivity contribution in [3.05, 3.63) is 175 Å². The standard InChI is InChI=1S/C55H54S.2C2H6/c1-36(2)56(37(3)4,38(5)6)43-21-11-9-10-19-41(20-18-22-43)42-31-34-52-53(35-42)55(51-33-30-40(8)45-24-13-15-26-47(45)51)49-28-17-16-27-48(49)54(52)50-32-29-39(7)44-23-12-14-25-46(44)50;2*1-2/h9-38H,1-8H3;2*1-2H3. The summed E-state index contributed by atoms with van der Waals surface area (Å²) in [5, 5.41) is 12.0. The average molecular weight is 807 g/mol. The van der Waals surface area contributed by atoms with Crippen LogP contribution in [0.3, 0.4) is 0 Å². The summed E-state index contributed by atoms with van der Waals surface area (Å²) >= 11 is 0. The van der Waals surface area contributed by atoms with Crippen LogP contribution in [0.25, 0.3) is 76.5 Å². The maximum atomic E-state index is 2.47. The van der Waals surface area contributed by atoms with Crippen LogP contribution in [0.4, 0.5) is 0 Å². The zero-order valence-electron chi connectivity index (χ0n) is 38.2. The van der Waals surface area contributed by atoms with E-state index in [0.717, 1.165) is 0 Å². The Labute approximate surface area is 363 Å². The molecular weight excluding hydrogens is 741 g/mol. The van der Waals surface area contributed by atoms with E-state index in [2.05, 4.69) is 219 Å². The first kappa shape index (κ1) is 44.2. The molecule has 0 bridgehead atoms. The second kappa shape index (κ2) is 19.3. The van der Waals surface area contributed by atoms with Crippen molar-refractivity contribution in [1.82, 2.24) is 0 Å². The van der Waals surface area contributed by atoms with Gasteiger partial charge in [0.1, 0.15) is 0 Å². The molecule has 1 heteroatoms. The first-order valence-electron chi connectivity index (χ1n) is 22.3. The molecule has 0 atom stereocenters. The van der Waals surface area contributed by atoms with Gasteiger partial charge in [0.15, 0.2) is 0 Å². The predicted molar refractivity (Wildman–Crippen MR) is 274 cm³/mol. The third-order valence-electron chi connectivity index (χ3n) is 12.2. The van der Waals surface area contributed by atoms with Gasteiger partial charge in [-0.25, -0.2) is 10.0 Å². The number of rotatable bonds is 7. The van der Waals surface area contributed by atoms with Crippen molar-refractivity contribution in [2.75, 3.05) is 0 Å². The van der Waals surface area contributed by atoms with Crippen LogP contribution >= 0.6 is 10.0 Å². The summed E-state index contributed by atoms with van der Waals surface area (Å²) in [7, 11) is -1.08. The van der Waals surface area contributed by atoms with Gasteiger partial charge in [-0.3, -0.25) is 0 Å². The highest BCUT2D eigenvalue weighted by atomic mass is 32.3. The molecule has 0 unspecified atom stereocenters. The van der Waals surface area contributed by atoms with Crippen LogP contribution in [0, 0.1) is 13.8 Å². The van der Waals surface area contributed by atoms with E-state index in [1.54, 1.807) is 0 Å². The lowest BCUT2D eigenvalue weighted by molar-refractivity contribution is 0.935. The molecule has 8 aromatic rings. The Bertz CT molecular complexity index is 2800. The molecule has 8 aromatic carbocycles. The topological polar surface area (TPSA) is 0 Å². The molecule has 0 aromatic heterocycles. The summed E-state index contributed by atoms with van der Waals surface area (Å²) in [6.07, 6.45) is 0. The van der Waals surface area contributed by atoms with Crippen LogP contribution in [-0.2, 0) is 0 Å². The van der Waals surface area contributed by atoms with Gasteiger partial charge in [0.2, 0.25) is 0 Å². The average Bonchev–Trinajstić information content (AvgIpc) is 3.27. The molecule has 0 heterocycles. The summed E-state index contributed by atoms with van der Waals surface area (Å²) in [4.78, 5) is 1.48. The summed E-state index contributed by atoms with van der Waals surface area (Å²) in [6.45, 7) is 27.0. The lowest BCUT2D eigenvalue weighted by Crippen LogP contribution is -2.28. The molecular formula is C59H66S. The highest BCUT2D eigenvalue weighted by molar-refractivity contribution is 8.35. The Hall–Kier alpha value is -5.37. The van der Waals surface area contributed by atoms with Gasteiger partial charge >= 0.3 is 0 Å². The first-order chi connectivity index (χ1) is 29.1. The molecule has 0 spiro atoms. The summed E-state index contributed by atoms with van der Waals surface area (Å²) in [5.74, 6) is 0. The van der Waals surface area contributed by atoms with Crippen LogP contribution in [0.15, 0.2) is 169 Å². The molecule has 0 nitrogen and oxygen atoms in total. The number of hydrogen-bond acceptors (Lipinski definition) is 0. The van der Waals surface area contributed by atoms with Crippen molar-refractivity contribution in [3.63, 3.8) is 0 Å². The minimum Gasteiger partial charge on any atom is -0.207 e. The maximum absolute atomic E-state index is 2.47. The smallest absolute Gasteiger partial charge is 0.00199 e. The Balaban J connectivity index is 0.00000147. The van der Waals surface area contributed by atoms with Crippen molar-refractivity contribution in [2.24, 2.45) is 0 Å². The van der Waals surface area contributed by atoms with Gasteiger partial charge in [0, 0.05) is 0 Å². The molecule has 60 heavy (non-hydrogen) atoms. The van der Waals surface area contributed by atoms with E-state index in [9.17, 15) is 0 Å². The summed E-state index contributed by atoms with van der Waals surface area (Å²) in [5.41, 5.74) is 10.1. The monoisotopic (exact) mass is 806 g/mol. The molecule has 0 amide bonds. The minimum absolute atomic E-state index is 0.583. The Morgan fingerprint density at radius 3 is 1.20 bits per heavy atom. The van der Waals surface area contributed by atoms with Crippen LogP contribution in [0.5, 0.6) is 0 Å². The van der Waals surface area contributed by atoms with Gasteiger partial charge in [0.25, 0.3) is 0 Å². The number of fused-ring (bicyclic) bond motifs is 4. The number of hydrogen-bond donors (Lipinski definition) is 0. The van der Waals surface area contributed by atoms with E-state index >= 15 is 0 Å². The molecule has 0 fully saturated rings. The highest BCUT2D eigenvalue weighted by Gasteiger charge is 2.36. The largest absolute Gasteiger partial charge is 0.207 e. The molecule has 0 saturated carbocycles. The second-order valence-corrected chi connectivity index (χ2v) is 21.0. The molecule has 0 saturated heterocycles. The van der Waals surface area contributed by atoms with Crippen LogP contribution in [0.2, 0.25) is 0 Å². The van der Waals surface area contributed by atoms with Crippen molar-refractivity contribution >= 4 is 53.1 Å². The first-order valence-corrected chi connectivity index (χ1v) is 24.1. The van der Waals surface area contributed by atoms with E-state index in [4.69, 9.17) is 0 Å². The molecule has 0 aliphatic heterocycles. The van der Waals surface area contributed by atoms with Gasteiger partial charge in [-0.2, -0.15) is 0 Å². The highest BCUT2D eigenvalue weighted by Crippen LogP contribution is 2.66. The summed E-state index contributed by atoms with van der Waals surface area (Å²) < 4.78 is 0. The van der Waals surface area contributed by atoms with Crippen LogP contribution in [-0.4, -0.2) is 15.7 Å². The van der Waals surface area contributed by atoms with Crippen molar-refractivity contribution in [3.8, 4) is 33.4 Å². The number of aryl methyl sites for hydroxylation is 2. The van der Waals surface area contributed by atoms with E-state index in [-0.39, 0.29) is 0 Å². The second-order valence-electron chi connectivity index (χ2n) is 16.2. The van der Waals surface area contributed by atoms with Gasteiger partial charge in [-0.15, -0.1) is 0 Å². The zero-order chi connectivity index (χ0) is 43.1.